The maximum Gasteiger partial charge on any atom is 0.311 e. The molecule has 34 heavy (non-hydrogen) atoms. The second-order valence-electron chi connectivity index (χ2n) is 9.66. The molecule has 0 bridgehead atoms. The molecule has 0 atom stereocenters. The van der Waals surface area contributed by atoms with Gasteiger partial charge in [0, 0.05) is 18.2 Å². The van der Waals surface area contributed by atoms with Crippen molar-refractivity contribution in [3.8, 4) is 5.75 Å². The van der Waals surface area contributed by atoms with Crippen LogP contribution < -0.4 is 10.1 Å². The minimum Gasteiger partial charge on any atom is -0.427 e. The number of hydrogen-bond donors (Lipinski definition) is 1. The van der Waals surface area contributed by atoms with E-state index in [1.54, 1.807) is 30.3 Å². The number of carbonyl (C=O) groups excluding carboxylic acids is 2. The molecular weight excluding hydrogens is 422 g/mol. The topological polar surface area (TPSA) is 55.4 Å². The van der Waals surface area contributed by atoms with Gasteiger partial charge in [-0.25, -0.2) is 0 Å². The van der Waals surface area contributed by atoms with Gasteiger partial charge in [-0.2, -0.15) is 0 Å². The number of carbonyl (C=O) groups is 2. The van der Waals surface area contributed by atoms with E-state index in [0.717, 1.165) is 17.6 Å². The van der Waals surface area contributed by atoms with Crippen LogP contribution in [0.15, 0.2) is 83.0 Å². The lowest BCUT2D eigenvalue weighted by atomic mass is 9.72. The average Bonchev–Trinajstić information content (AvgIpc) is 2.74. The SMILES string of the molecule is CCCC(=O)Oc1ccc(NC(=O)C=C(C)C=CC=C(C)C=CC2=C(C)CCCC2(C)C)cc1. The van der Waals surface area contributed by atoms with Crippen LogP contribution in [0.4, 0.5) is 5.69 Å². The third kappa shape index (κ3) is 9.01. The molecule has 4 heteroatoms. The minimum atomic E-state index is -0.255. The summed E-state index contributed by atoms with van der Waals surface area (Å²) >= 11 is 0. The summed E-state index contributed by atoms with van der Waals surface area (Å²) in [6.45, 7) is 12.8. The largest absolute Gasteiger partial charge is 0.427 e. The normalized spacial score (nSPS) is 16.9. The summed E-state index contributed by atoms with van der Waals surface area (Å²) in [7, 11) is 0. The Labute approximate surface area is 205 Å². The van der Waals surface area contributed by atoms with Crippen molar-refractivity contribution in [2.24, 2.45) is 5.41 Å². The van der Waals surface area contributed by atoms with Gasteiger partial charge in [-0.1, -0.05) is 62.3 Å². The van der Waals surface area contributed by atoms with Crippen LogP contribution in [0.3, 0.4) is 0 Å². The molecule has 0 heterocycles. The third-order valence-corrected chi connectivity index (χ3v) is 5.94. The molecule has 0 radical (unpaired) electrons. The first-order valence-corrected chi connectivity index (χ1v) is 12.1. The Morgan fingerprint density at radius 3 is 2.44 bits per heavy atom. The van der Waals surface area contributed by atoms with Crippen molar-refractivity contribution in [1.29, 1.82) is 0 Å². The second-order valence-corrected chi connectivity index (χ2v) is 9.66. The van der Waals surface area contributed by atoms with Crippen LogP contribution in [0.25, 0.3) is 0 Å². The standard InChI is InChI=1S/C30H39NO3/c1-7-10-29(33)34-26-17-15-25(16-18-26)31-28(32)21-23(3)12-8-11-22(2)14-19-27-24(4)13-9-20-30(27,5)6/h8,11-12,14-19,21H,7,9-10,13,20H2,1-6H3,(H,31,32). The summed E-state index contributed by atoms with van der Waals surface area (Å²) in [4.78, 5) is 23.9. The van der Waals surface area contributed by atoms with Gasteiger partial charge in [-0.3, -0.25) is 9.59 Å². The highest BCUT2D eigenvalue weighted by molar-refractivity contribution is 6.00. The predicted octanol–water partition coefficient (Wildman–Crippen LogP) is 7.86. The lowest BCUT2D eigenvalue weighted by Gasteiger charge is -2.32. The van der Waals surface area contributed by atoms with Crippen LogP contribution in [0.1, 0.15) is 73.6 Å². The number of benzene rings is 1. The molecule has 0 saturated carbocycles. The number of allylic oxidation sites excluding steroid dienone is 9. The maximum atomic E-state index is 12.3. The van der Waals surface area contributed by atoms with E-state index >= 15 is 0 Å². The first kappa shape index (κ1) is 27.1. The number of nitrogens with one attached hydrogen (secondary N) is 1. The smallest absolute Gasteiger partial charge is 0.311 e. The average molecular weight is 462 g/mol. The summed E-state index contributed by atoms with van der Waals surface area (Å²) in [5.41, 5.74) is 5.84. The van der Waals surface area contributed by atoms with E-state index in [9.17, 15) is 9.59 Å². The molecule has 1 aliphatic rings. The second kappa shape index (κ2) is 12.9. The van der Waals surface area contributed by atoms with Gasteiger partial charge in [-0.05, 0) is 87.3 Å². The Kier molecular flexibility index (Phi) is 10.3. The van der Waals surface area contributed by atoms with Crippen molar-refractivity contribution in [2.45, 2.75) is 73.6 Å². The fourth-order valence-electron chi connectivity index (χ4n) is 4.06. The highest BCUT2D eigenvalue weighted by atomic mass is 16.5. The van der Waals surface area contributed by atoms with Crippen molar-refractivity contribution in [1.82, 2.24) is 0 Å². The van der Waals surface area contributed by atoms with Gasteiger partial charge in [0.25, 0.3) is 0 Å². The van der Waals surface area contributed by atoms with Crippen molar-refractivity contribution in [3.63, 3.8) is 0 Å². The van der Waals surface area contributed by atoms with Crippen molar-refractivity contribution < 1.29 is 14.3 Å². The van der Waals surface area contributed by atoms with Crippen LogP contribution >= 0.6 is 0 Å². The van der Waals surface area contributed by atoms with Gasteiger partial charge in [0.1, 0.15) is 5.75 Å². The summed E-state index contributed by atoms with van der Waals surface area (Å²) in [6, 6.07) is 6.78. The van der Waals surface area contributed by atoms with E-state index in [4.69, 9.17) is 4.74 Å². The molecule has 1 N–H and O–H groups in total. The highest BCUT2D eigenvalue weighted by Crippen LogP contribution is 2.40. The summed E-state index contributed by atoms with van der Waals surface area (Å²) in [6.07, 6.45) is 16.8. The van der Waals surface area contributed by atoms with Gasteiger partial charge in [-0.15, -0.1) is 0 Å². The maximum absolute atomic E-state index is 12.3. The third-order valence-electron chi connectivity index (χ3n) is 5.94. The van der Waals surface area contributed by atoms with Gasteiger partial charge >= 0.3 is 5.97 Å². The Bertz CT molecular complexity index is 1020. The molecule has 0 aromatic heterocycles. The zero-order valence-corrected chi connectivity index (χ0v) is 21.5. The molecule has 1 amide bonds. The van der Waals surface area contributed by atoms with Gasteiger partial charge in [0.2, 0.25) is 5.91 Å². The number of hydrogen-bond acceptors (Lipinski definition) is 3. The van der Waals surface area contributed by atoms with E-state index in [1.807, 2.05) is 26.0 Å². The molecule has 0 fully saturated rings. The molecule has 1 aromatic rings. The van der Waals surface area contributed by atoms with Gasteiger partial charge in [0.05, 0.1) is 0 Å². The monoisotopic (exact) mass is 461 g/mol. The molecule has 2 rings (SSSR count). The first-order valence-electron chi connectivity index (χ1n) is 12.1. The fourth-order valence-corrected chi connectivity index (χ4v) is 4.06. The number of anilines is 1. The van der Waals surface area contributed by atoms with Crippen molar-refractivity contribution >= 4 is 17.6 Å². The van der Waals surface area contributed by atoms with Gasteiger partial charge < -0.3 is 10.1 Å². The quantitative estimate of drug-likeness (QED) is 0.176. The molecule has 0 saturated heterocycles. The van der Waals surface area contributed by atoms with E-state index in [2.05, 4.69) is 51.2 Å². The summed E-state index contributed by atoms with van der Waals surface area (Å²) in [5, 5.41) is 2.82. The Morgan fingerprint density at radius 1 is 1.09 bits per heavy atom. The van der Waals surface area contributed by atoms with E-state index < -0.39 is 0 Å². The Balaban J connectivity index is 1.91. The molecule has 1 aliphatic carbocycles. The van der Waals surface area contributed by atoms with E-state index in [-0.39, 0.29) is 17.3 Å². The summed E-state index contributed by atoms with van der Waals surface area (Å²) in [5.74, 6) is 0.00987. The van der Waals surface area contributed by atoms with Crippen LogP contribution in [0, 0.1) is 5.41 Å². The lowest BCUT2D eigenvalue weighted by Crippen LogP contribution is -2.19. The summed E-state index contributed by atoms with van der Waals surface area (Å²) < 4.78 is 5.22. The number of ether oxygens (including phenoxy) is 1. The van der Waals surface area contributed by atoms with Crippen LogP contribution in [-0.2, 0) is 9.59 Å². The van der Waals surface area contributed by atoms with Crippen molar-refractivity contribution in [2.75, 3.05) is 5.32 Å². The van der Waals surface area contributed by atoms with E-state index in [0.29, 0.717) is 17.9 Å². The molecule has 0 aliphatic heterocycles. The molecule has 0 unspecified atom stereocenters. The number of amides is 1. The predicted molar refractivity (Wildman–Crippen MR) is 142 cm³/mol. The minimum absolute atomic E-state index is 0.208. The number of esters is 1. The van der Waals surface area contributed by atoms with Gasteiger partial charge in [0.15, 0.2) is 0 Å². The Morgan fingerprint density at radius 2 is 1.79 bits per heavy atom. The molecule has 4 nitrogen and oxygen atoms in total. The Hall–Kier alpha value is -3.14. The molecule has 0 spiro atoms. The lowest BCUT2D eigenvalue weighted by molar-refractivity contribution is -0.134. The molecule has 1 aromatic carbocycles. The highest BCUT2D eigenvalue weighted by Gasteiger charge is 2.26. The first-order chi connectivity index (χ1) is 16.1. The van der Waals surface area contributed by atoms with E-state index in [1.165, 1.54) is 30.4 Å². The van der Waals surface area contributed by atoms with Crippen molar-refractivity contribution in [3.05, 3.63) is 83.0 Å². The van der Waals surface area contributed by atoms with Crippen LogP contribution in [0.2, 0.25) is 0 Å². The van der Waals surface area contributed by atoms with Crippen LogP contribution in [0.5, 0.6) is 5.75 Å². The fraction of sp³-hybridized carbons (Fsp3) is 0.400. The molecule has 182 valence electrons. The zero-order valence-electron chi connectivity index (χ0n) is 21.5. The zero-order chi connectivity index (χ0) is 25.1. The number of rotatable bonds is 9. The van der Waals surface area contributed by atoms with Crippen LogP contribution in [-0.4, -0.2) is 11.9 Å². The molecular formula is C30H39NO3.